The van der Waals surface area contributed by atoms with Gasteiger partial charge >= 0.3 is 0 Å². The van der Waals surface area contributed by atoms with Crippen LogP contribution in [-0.2, 0) is 0 Å². The molecule has 1 aromatic carbocycles. The smallest absolute Gasteiger partial charge is 0.0831 e. The molecule has 0 saturated heterocycles. The maximum absolute atomic E-state index is 9.78. The normalized spacial score (nSPS) is 20.1. The fourth-order valence-corrected chi connectivity index (χ4v) is 1.52. The first-order valence-electron chi connectivity index (χ1n) is 4.75. The standard InChI is InChI=1S/C12H14O/c13-12(8-4-9-12)10-7-11-5-2-1-3-6-11/h1-3,5-7,10,13H,4,8-9H2/b10-7+. The van der Waals surface area contributed by atoms with E-state index in [1.54, 1.807) is 0 Å². The Bertz CT molecular complexity index is 296. The molecule has 1 aliphatic carbocycles. The quantitative estimate of drug-likeness (QED) is 0.730. The van der Waals surface area contributed by atoms with Crippen LogP contribution < -0.4 is 0 Å². The van der Waals surface area contributed by atoms with Crippen LogP contribution in [0, 0.1) is 0 Å². The molecule has 1 fully saturated rings. The Kier molecular flexibility index (Phi) is 2.19. The highest BCUT2D eigenvalue weighted by Gasteiger charge is 2.30. The van der Waals surface area contributed by atoms with Gasteiger partial charge in [0.05, 0.1) is 5.60 Å². The first-order chi connectivity index (χ1) is 6.29. The molecule has 0 radical (unpaired) electrons. The molecule has 2 rings (SSSR count). The van der Waals surface area contributed by atoms with Crippen molar-refractivity contribution in [1.82, 2.24) is 0 Å². The lowest BCUT2D eigenvalue weighted by Gasteiger charge is -2.33. The topological polar surface area (TPSA) is 20.2 Å². The predicted molar refractivity (Wildman–Crippen MR) is 54.3 cm³/mol. The predicted octanol–water partition coefficient (Wildman–Crippen LogP) is 2.61. The van der Waals surface area contributed by atoms with Gasteiger partial charge < -0.3 is 5.11 Å². The molecule has 1 heteroatoms. The molecule has 0 unspecified atom stereocenters. The van der Waals surface area contributed by atoms with Crippen molar-refractivity contribution in [3.8, 4) is 0 Å². The number of benzene rings is 1. The molecule has 0 aromatic heterocycles. The van der Waals surface area contributed by atoms with E-state index in [4.69, 9.17) is 0 Å². The Morgan fingerprint density at radius 2 is 1.85 bits per heavy atom. The van der Waals surface area contributed by atoms with Crippen molar-refractivity contribution >= 4 is 6.08 Å². The second-order valence-electron chi connectivity index (χ2n) is 3.70. The molecule has 13 heavy (non-hydrogen) atoms. The average Bonchev–Trinajstić information content (AvgIpc) is 2.13. The molecule has 1 N–H and O–H groups in total. The van der Waals surface area contributed by atoms with Gasteiger partial charge in [-0.25, -0.2) is 0 Å². The minimum atomic E-state index is -0.504. The van der Waals surface area contributed by atoms with Gasteiger partial charge in [0.15, 0.2) is 0 Å². The summed E-state index contributed by atoms with van der Waals surface area (Å²) in [6, 6.07) is 10.1. The van der Waals surface area contributed by atoms with Gasteiger partial charge in [0.2, 0.25) is 0 Å². The fourth-order valence-electron chi connectivity index (χ4n) is 1.52. The molecule has 68 valence electrons. The molecular formula is C12H14O. The van der Waals surface area contributed by atoms with E-state index in [0.29, 0.717) is 0 Å². The summed E-state index contributed by atoms with van der Waals surface area (Å²) in [6.45, 7) is 0. The van der Waals surface area contributed by atoms with Gasteiger partial charge in [-0.1, -0.05) is 42.5 Å². The average molecular weight is 174 g/mol. The van der Waals surface area contributed by atoms with E-state index in [9.17, 15) is 5.11 Å². The highest BCUT2D eigenvalue weighted by Crippen LogP contribution is 2.33. The second-order valence-corrected chi connectivity index (χ2v) is 3.70. The molecule has 1 aliphatic rings. The van der Waals surface area contributed by atoms with Gasteiger partial charge in [-0.3, -0.25) is 0 Å². The largest absolute Gasteiger partial charge is 0.386 e. The molecule has 1 nitrogen and oxygen atoms in total. The van der Waals surface area contributed by atoms with E-state index in [1.165, 1.54) is 0 Å². The summed E-state index contributed by atoms with van der Waals surface area (Å²) in [6.07, 6.45) is 6.90. The van der Waals surface area contributed by atoms with Gasteiger partial charge in [0.1, 0.15) is 0 Å². The minimum Gasteiger partial charge on any atom is -0.386 e. The van der Waals surface area contributed by atoms with Crippen LogP contribution in [0.2, 0.25) is 0 Å². The van der Waals surface area contributed by atoms with Gasteiger partial charge in [-0.2, -0.15) is 0 Å². The highest BCUT2D eigenvalue weighted by atomic mass is 16.3. The third kappa shape index (κ3) is 1.99. The molecule has 0 spiro atoms. The summed E-state index contributed by atoms with van der Waals surface area (Å²) >= 11 is 0. The number of hydrogen-bond acceptors (Lipinski definition) is 1. The van der Waals surface area contributed by atoms with E-state index < -0.39 is 5.60 Å². The van der Waals surface area contributed by atoms with E-state index in [-0.39, 0.29) is 0 Å². The van der Waals surface area contributed by atoms with Crippen molar-refractivity contribution in [3.05, 3.63) is 42.0 Å². The molecule has 0 bridgehead atoms. The Balaban J connectivity index is 2.05. The van der Waals surface area contributed by atoms with E-state index in [1.807, 2.05) is 42.5 Å². The van der Waals surface area contributed by atoms with Gasteiger partial charge in [-0.05, 0) is 24.8 Å². The minimum absolute atomic E-state index is 0.504. The Morgan fingerprint density at radius 1 is 1.15 bits per heavy atom. The third-order valence-corrected chi connectivity index (χ3v) is 2.60. The third-order valence-electron chi connectivity index (χ3n) is 2.60. The Hall–Kier alpha value is -1.08. The van der Waals surface area contributed by atoms with E-state index >= 15 is 0 Å². The molecule has 0 heterocycles. The zero-order valence-electron chi connectivity index (χ0n) is 7.61. The summed E-state index contributed by atoms with van der Waals surface area (Å²) in [5.41, 5.74) is 0.651. The van der Waals surface area contributed by atoms with Crippen LogP contribution in [0.3, 0.4) is 0 Å². The van der Waals surface area contributed by atoms with Crippen LogP contribution in [0.5, 0.6) is 0 Å². The van der Waals surface area contributed by atoms with Gasteiger partial charge in [-0.15, -0.1) is 0 Å². The Morgan fingerprint density at radius 3 is 2.38 bits per heavy atom. The lowest BCUT2D eigenvalue weighted by Crippen LogP contribution is -2.33. The summed E-state index contributed by atoms with van der Waals surface area (Å²) in [7, 11) is 0. The SMILES string of the molecule is OC1(/C=C/c2ccccc2)CCC1. The molecule has 1 aromatic rings. The number of hydrogen-bond donors (Lipinski definition) is 1. The molecule has 1 saturated carbocycles. The van der Waals surface area contributed by atoms with Crippen LogP contribution in [0.1, 0.15) is 24.8 Å². The first kappa shape index (κ1) is 8.52. The monoisotopic (exact) mass is 174 g/mol. The summed E-state index contributed by atoms with van der Waals surface area (Å²) in [5.74, 6) is 0. The van der Waals surface area contributed by atoms with Crippen LogP contribution in [0.4, 0.5) is 0 Å². The van der Waals surface area contributed by atoms with Crippen molar-refractivity contribution in [2.24, 2.45) is 0 Å². The summed E-state index contributed by atoms with van der Waals surface area (Å²) in [5, 5.41) is 9.78. The van der Waals surface area contributed by atoms with Crippen molar-refractivity contribution in [2.75, 3.05) is 0 Å². The van der Waals surface area contributed by atoms with Crippen molar-refractivity contribution in [1.29, 1.82) is 0 Å². The number of aliphatic hydroxyl groups is 1. The lowest BCUT2D eigenvalue weighted by molar-refractivity contribution is 0.0150. The summed E-state index contributed by atoms with van der Waals surface area (Å²) < 4.78 is 0. The summed E-state index contributed by atoms with van der Waals surface area (Å²) in [4.78, 5) is 0. The van der Waals surface area contributed by atoms with Crippen LogP contribution in [-0.4, -0.2) is 10.7 Å². The molecule has 0 atom stereocenters. The highest BCUT2D eigenvalue weighted by molar-refractivity contribution is 5.50. The molecular weight excluding hydrogens is 160 g/mol. The van der Waals surface area contributed by atoms with Crippen molar-refractivity contribution in [2.45, 2.75) is 24.9 Å². The second kappa shape index (κ2) is 3.35. The van der Waals surface area contributed by atoms with Crippen LogP contribution in [0.15, 0.2) is 36.4 Å². The molecule has 0 amide bonds. The Labute approximate surface area is 78.7 Å². The van der Waals surface area contributed by atoms with Crippen LogP contribution >= 0.6 is 0 Å². The van der Waals surface area contributed by atoms with Crippen molar-refractivity contribution < 1.29 is 5.11 Å². The zero-order chi connectivity index (χ0) is 9.15. The molecule has 0 aliphatic heterocycles. The van der Waals surface area contributed by atoms with E-state index in [2.05, 4.69) is 0 Å². The van der Waals surface area contributed by atoms with Gasteiger partial charge in [0, 0.05) is 0 Å². The first-order valence-corrected chi connectivity index (χ1v) is 4.75. The maximum Gasteiger partial charge on any atom is 0.0831 e. The van der Waals surface area contributed by atoms with Crippen LogP contribution in [0.25, 0.3) is 6.08 Å². The zero-order valence-corrected chi connectivity index (χ0v) is 7.61. The van der Waals surface area contributed by atoms with Gasteiger partial charge in [0.25, 0.3) is 0 Å². The van der Waals surface area contributed by atoms with E-state index in [0.717, 1.165) is 24.8 Å². The van der Waals surface area contributed by atoms with Crippen molar-refractivity contribution in [3.63, 3.8) is 0 Å². The maximum atomic E-state index is 9.78. The number of rotatable bonds is 2. The fraction of sp³-hybridized carbons (Fsp3) is 0.333. The lowest BCUT2D eigenvalue weighted by atomic mass is 9.80.